The number of halogens is 2. The Morgan fingerprint density at radius 2 is 2.33 bits per heavy atom. The van der Waals surface area contributed by atoms with Crippen molar-refractivity contribution < 1.29 is 14.6 Å². The van der Waals surface area contributed by atoms with Crippen LogP contribution in [0, 0.1) is 0 Å². The molecule has 0 spiro atoms. The van der Waals surface area contributed by atoms with Crippen LogP contribution in [0.2, 0.25) is 5.02 Å². The van der Waals surface area contributed by atoms with Crippen LogP contribution in [0.15, 0.2) is 22.7 Å². The van der Waals surface area contributed by atoms with Crippen molar-refractivity contribution in [2.24, 2.45) is 0 Å². The fraction of sp³-hybridized carbons (Fsp3) is 0.417. The van der Waals surface area contributed by atoms with Crippen molar-refractivity contribution >= 4 is 33.4 Å². The number of benzene rings is 1. The first kappa shape index (κ1) is 15.3. The fourth-order valence-electron chi connectivity index (χ4n) is 1.28. The van der Waals surface area contributed by atoms with Crippen LogP contribution in [-0.2, 0) is 4.79 Å². The summed E-state index contributed by atoms with van der Waals surface area (Å²) in [5.41, 5.74) is 0. The third-order valence-corrected chi connectivity index (χ3v) is 3.12. The number of carbonyl (C=O) groups excluding carboxylic acids is 1. The van der Waals surface area contributed by atoms with E-state index in [0.29, 0.717) is 17.2 Å². The lowest BCUT2D eigenvalue weighted by Gasteiger charge is -2.14. The number of ether oxygens (including phenoxy) is 1. The minimum atomic E-state index is -0.283. The molecule has 6 heteroatoms. The Labute approximate surface area is 119 Å². The third kappa shape index (κ3) is 4.84. The van der Waals surface area contributed by atoms with Crippen molar-refractivity contribution in [1.82, 2.24) is 5.32 Å². The van der Waals surface area contributed by atoms with Gasteiger partial charge in [0.25, 0.3) is 5.91 Å². The molecule has 1 amide bonds. The number of hydrogen-bond acceptors (Lipinski definition) is 3. The molecule has 1 aromatic carbocycles. The number of hydrogen-bond donors (Lipinski definition) is 2. The molecule has 0 aliphatic rings. The first-order chi connectivity index (χ1) is 8.56. The maximum atomic E-state index is 11.5. The second-order valence-corrected chi connectivity index (χ2v) is 5.04. The van der Waals surface area contributed by atoms with Crippen molar-refractivity contribution in [2.75, 3.05) is 13.2 Å². The molecule has 0 aliphatic heterocycles. The Hall–Kier alpha value is -0.780. The van der Waals surface area contributed by atoms with E-state index < -0.39 is 0 Å². The van der Waals surface area contributed by atoms with E-state index in [0.717, 1.165) is 4.47 Å². The third-order valence-electron chi connectivity index (χ3n) is 2.33. The van der Waals surface area contributed by atoms with Crippen LogP contribution in [0.25, 0.3) is 0 Å². The Balaban J connectivity index is 2.47. The monoisotopic (exact) mass is 335 g/mol. The highest BCUT2D eigenvalue weighted by molar-refractivity contribution is 9.10. The van der Waals surface area contributed by atoms with Crippen LogP contribution in [0.1, 0.15) is 13.3 Å². The molecule has 0 radical (unpaired) electrons. The molecule has 0 aromatic heterocycles. The SMILES string of the molecule is CCC(CO)NC(=O)COc1ccc(Br)cc1Cl. The van der Waals surface area contributed by atoms with E-state index in [9.17, 15) is 4.79 Å². The largest absolute Gasteiger partial charge is 0.482 e. The predicted octanol–water partition coefficient (Wildman–Crippen LogP) is 2.37. The van der Waals surface area contributed by atoms with E-state index in [2.05, 4.69) is 21.2 Å². The summed E-state index contributed by atoms with van der Waals surface area (Å²) >= 11 is 9.23. The normalized spacial score (nSPS) is 12.0. The predicted molar refractivity (Wildman–Crippen MR) is 74.0 cm³/mol. The Kier molecular flexibility index (Phi) is 6.46. The van der Waals surface area contributed by atoms with Gasteiger partial charge in [-0.2, -0.15) is 0 Å². The zero-order valence-corrected chi connectivity index (χ0v) is 12.3. The van der Waals surface area contributed by atoms with Gasteiger partial charge in [-0.3, -0.25) is 4.79 Å². The number of aliphatic hydroxyl groups is 1. The molecule has 0 bridgehead atoms. The van der Waals surface area contributed by atoms with E-state index in [1.54, 1.807) is 18.2 Å². The van der Waals surface area contributed by atoms with Crippen molar-refractivity contribution in [3.05, 3.63) is 27.7 Å². The minimum Gasteiger partial charge on any atom is -0.482 e. The Morgan fingerprint density at radius 1 is 1.61 bits per heavy atom. The van der Waals surface area contributed by atoms with Crippen molar-refractivity contribution in [3.63, 3.8) is 0 Å². The van der Waals surface area contributed by atoms with Gasteiger partial charge in [-0.1, -0.05) is 34.5 Å². The topological polar surface area (TPSA) is 58.6 Å². The van der Waals surface area contributed by atoms with E-state index in [1.165, 1.54) is 0 Å². The molecule has 1 unspecified atom stereocenters. The zero-order valence-electron chi connectivity index (χ0n) is 9.95. The summed E-state index contributed by atoms with van der Waals surface area (Å²) in [6, 6.07) is 4.92. The molecule has 2 N–H and O–H groups in total. The molecule has 0 fully saturated rings. The van der Waals surface area contributed by atoms with Gasteiger partial charge in [0, 0.05) is 4.47 Å². The molecule has 0 saturated heterocycles. The van der Waals surface area contributed by atoms with Crippen molar-refractivity contribution in [3.8, 4) is 5.75 Å². The molecule has 0 aliphatic carbocycles. The van der Waals surface area contributed by atoms with Gasteiger partial charge in [-0.15, -0.1) is 0 Å². The highest BCUT2D eigenvalue weighted by atomic mass is 79.9. The molecule has 1 aromatic rings. The van der Waals surface area contributed by atoms with Gasteiger partial charge >= 0.3 is 0 Å². The summed E-state index contributed by atoms with van der Waals surface area (Å²) in [4.78, 5) is 11.5. The van der Waals surface area contributed by atoms with E-state index in [-0.39, 0.29) is 25.2 Å². The second-order valence-electron chi connectivity index (χ2n) is 3.72. The maximum Gasteiger partial charge on any atom is 0.258 e. The fourth-order valence-corrected chi connectivity index (χ4v) is 2.01. The average Bonchev–Trinajstić information content (AvgIpc) is 2.35. The van der Waals surface area contributed by atoms with Crippen LogP contribution < -0.4 is 10.1 Å². The quantitative estimate of drug-likeness (QED) is 0.838. The van der Waals surface area contributed by atoms with Gasteiger partial charge in [0.05, 0.1) is 17.7 Å². The molecular formula is C12H15BrClNO3. The van der Waals surface area contributed by atoms with Crippen LogP contribution in [0.3, 0.4) is 0 Å². The number of rotatable bonds is 6. The van der Waals surface area contributed by atoms with E-state index in [4.69, 9.17) is 21.4 Å². The highest BCUT2D eigenvalue weighted by Crippen LogP contribution is 2.27. The lowest BCUT2D eigenvalue weighted by molar-refractivity contribution is -0.124. The smallest absolute Gasteiger partial charge is 0.258 e. The molecule has 0 heterocycles. The molecule has 1 atom stereocenters. The number of carbonyl (C=O) groups is 1. The van der Waals surface area contributed by atoms with Gasteiger partial charge in [0.15, 0.2) is 6.61 Å². The summed E-state index contributed by atoms with van der Waals surface area (Å²) in [5.74, 6) is 0.168. The van der Waals surface area contributed by atoms with Gasteiger partial charge in [0.2, 0.25) is 0 Å². The summed E-state index contributed by atoms with van der Waals surface area (Å²) in [7, 11) is 0. The van der Waals surface area contributed by atoms with Crippen LogP contribution >= 0.6 is 27.5 Å². The van der Waals surface area contributed by atoms with E-state index in [1.807, 2.05) is 6.92 Å². The van der Waals surface area contributed by atoms with Crippen molar-refractivity contribution in [1.29, 1.82) is 0 Å². The summed E-state index contributed by atoms with van der Waals surface area (Å²) < 4.78 is 6.14. The summed E-state index contributed by atoms with van der Waals surface area (Å²) in [6.07, 6.45) is 0.668. The van der Waals surface area contributed by atoms with Gasteiger partial charge < -0.3 is 15.2 Å². The molecule has 1 rings (SSSR count). The zero-order chi connectivity index (χ0) is 13.5. The minimum absolute atomic E-state index is 0.0821. The number of amides is 1. The van der Waals surface area contributed by atoms with Gasteiger partial charge in [-0.05, 0) is 24.6 Å². The van der Waals surface area contributed by atoms with Crippen LogP contribution in [0.4, 0.5) is 0 Å². The lowest BCUT2D eigenvalue weighted by atomic mass is 10.2. The average molecular weight is 337 g/mol. The first-order valence-electron chi connectivity index (χ1n) is 5.54. The molecule has 100 valence electrons. The summed E-state index contributed by atoms with van der Waals surface area (Å²) in [5, 5.41) is 12.0. The Morgan fingerprint density at radius 3 is 2.89 bits per heavy atom. The first-order valence-corrected chi connectivity index (χ1v) is 6.72. The lowest BCUT2D eigenvalue weighted by Crippen LogP contribution is -2.39. The summed E-state index contributed by atoms with van der Waals surface area (Å²) in [6.45, 7) is 1.67. The van der Waals surface area contributed by atoms with Crippen LogP contribution in [0.5, 0.6) is 5.75 Å². The van der Waals surface area contributed by atoms with Gasteiger partial charge in [0.1, 0.15) is 5.75 Å². The maximum absolute atomic E-state index is 11.5. The number of nitrogens with one attached hydrogen (secondary N) is 1. The highest BCUT2D eigenvalue weighted by Gasteiger charge is 2.10. The van der Waals surface area contributed by atoms with Gasteiger partial charge in [-0.25, -0.2) is 0 Å². The Bertz CT molecular complexity index is 410. The molecular weight excluding hydrogens is 321 g/mol. The standard InChI is InChI=1S/C12H15BrClNO3/c1-2-9(6-16)15-12(17)7-18-11-4-3-8(13)5-10(11)14/h3-5,9,16H,2,6-7H2,1H3,(H,15,17). The van der Waals surface area contributed by atoms with Crippen molar-refractivity contribution in [2.45, 2.75) is 19.4 Å². The second kappa shape index (κ2) is 7.61. The molecule has 4 nitrogen and oxygen atoms in total. The molecule has 18 heavy (non-hydrogen) atoms. The van der Waals surface area contributed by atoms with Crippen LogP contribution in [-0.4, -0.2) is 30.3 Å². The number of aliphatic hydroxyl groups excluding tert-OH is 1. The van der Waals surface area contributed by atoms with E-state index >= 15 is 0 Å². The molecule has 0 saturated carbocycles.